The van der Waals surface area contributed by atoms with Crippen molar-refractivity contribution in [1.82, 2.24) is 9.78 Å². The van der Waals surface area contributed by atoms with Crippen molar-refractivity contribution in [3.8, 4) is 11.5 Å². The van der Waals surface area contributed by atoms with Crippen LogP contribution < -0.4 is 14.8 Å². The highest BCUT2D eigenvalue weighted by atomic mass is 16.6. The molecule has 1 aromatic heterocycles. The molecule has 1 N–H and O–H groups in total. The molecule has 0 saturated carbocycles. The van der Waals surface area contributed by atoms with E-state index in [9.17, 15) is 4.79 Å². The molecule has 2 heterocycles. The lowest BCUT2D eigenvalue weighted by molar-refractivity contribution is -0.116. The van der Waals surface area contributed by atoms with E-state index in [0.29, 0.717) is 43.4 Å². The van der Waals surface area contributed by atoms with Crippen LogP contribution in [0.2, 0.25) is 0 Å². The highest BCUT2D eigenvalue weighted by Gasteiger charge is 2.12. The summed E-state index contributed by atoms with van der Waals surface area (Å²) in [5.41, 5.74) is 1.79. The van der Waals surface area contributed by atoms with Crippen LogP contribution in [0, 0.1) is 6.92 Å². The number of aryl methyl sites for hydroxylation is 2. The molecule has 0 atom stereocenters. The van der Waals surface area contributed by atoms with Gasteiger partial charge in [0.15, 0.2) is 11.5 Å². The van der Waals surface area contributed by atoms with Crippen LogP contribution in [-0.2, 0) is 11.3 Å². The van der Waals surface area contributed by atoms with E-state index in [1.54, 1.807) is 23.0 Å². The van der Waals surface area contributed by atoms with Gasteiger partial charge in [0.1, 0.15) is 13.2 Å². The van der Waals surface area contributed by atoms with Gasteiger partial charge in [-0.1, -0.05) is 0 Å². The number of amides is 1. The zero-order chi connectivity index (χ0) is 14.7. The second-order valence-corrected chi connectivity index (χ2v) is 4.94. The first-order valence-electron chi connectivity index (χ1n) is 6.89. The third-order valence-electron chi connectivity index (χ3n) is 3.16. The smallest absolute Gasteiger partial charge is 0.226 e. The fourth-order valence-corrected chi connectivity index (χ4v) is 2.15. The van der Waals surface area contributed by atoms with Crippen LogP contribution in [0.25, 0.3) is 0 Å². The Morgan fingerprint density at radius 1 is 1.33 bits per heavy atom. The average molecular weight is 287 g/mol. The van der Waals surface area contributed by atoms with Gasteiger partial charge in [-0.05, 0) is 24.6 Å². The van der Waals surface area contributed by atoms with Gasteiger partial charge in [-0.15, -0.1) is 0 Å². The van der Waals surface area contributed by atoms with Crippen LogP contribution in [0.15, 0.2) is 30.6 Å². The number of aromatic nitrogens is 2. The van der Waals surface area contributed by atoms with Crippen LogP contribution in [0.4, 0.5) is 5.69 Å². The number of nitrogens with one attached hydrogen (secondary N) is 1. The van der Waals surface area contributed by atoms with Crippen molar-refractivity contribution in [2.24, 2.45) is 0 Å². The summed E-state index contributed by atoms with van der Waals surface area (Å²) in [4.78, 5) is 11.9. The first-order valence-corrected chi connectivity index (χ1v) is 6.89. The van der Waals surface area contributed by atoms with Crippen molar-refractivity contribution in [3.05, 3.63) is 36.2 Å². The number of hydrogen-bond acceptors (Lipinski definition) is 4. The molecule has 1 amide bonds. The number of fused-ring (bicyclic) bond motifs is 1. The molecule has 1 aliphatic rings. The van der Waals surface area contributed by atoms with Crippen molar-refractivity contribution >= 4 is 11.6 Å². The Bertz CT molecular complexity index is 651. The molecule has 0 saturated heterocycles. The lowest BCUT2D eigenvalue weighted by Gasteiger charge is -2.19. The maximum Gasteiger partial charge on any atom is 0.226 e. The zero-order valence-electron chi connectivity index (χ0n) is 11.8. The fourth-order valence-electron chi connectivity index (χ4n) is 2.15. The molecular weight excluding hydrogens is 270 g/mol. The molecule has 0 unspecified atom stereocenters. The number of benzene rings is 1. The summed E-state index contributed by atoms with van der Waals surface area (Å²) < 4.78 is 12.7. The number of nitrogens with zero attached hydrogens (tertiary/aromatic N) is 2. The van der Waals surface area contributed by atoms with Gasteiger partial charge in [-0.25, -0.2) is 0 Å². The first kappa shape index (κ1) is 13.5. The Morgan fingerprint density at radius 2 is 2.14 bits per heavy atom. The molecule has 0 bridgehead atoms. The minimum absolute atomic E-state index is 0.0557. The van der Waals surface area contributed by atoms with Crippen LogP contribution in [0.1, 0.15) is 12.0 Å². The van der Waals surface area contributed by atoms with Crippen molar-refractivity contribution < 1.29 is 14.3 Å². The number of carbonyl (C=O) groups is 1. The molecule has 0 radical (unpaired) electrons. The van der Waals surface area contributed by atoms with E-state index in [1.165, 1.54) is 0 Å². The van der Waals surface area contributed by atoms with Crippen LogP contribution in [0.3, 0.4) is 0 Å². The molecule has 6 heteroatoms. The maximum atomic E-state index is 11.9. The lowest BCUT2D eigenvalue weighted by Crippen LogP contribution is -2.17. The molecule has 2 aromatic rings. The molecule has 6 nitrogen and oxygen atoms in total. The standard InChI is InChI=1S/C15H17N3O3/c1-11-9-16-18(10-11)5-4-15(19)17-12-2-3-13-14(8-12)21-7-6-20-13/h2-3,8-10H,4-7H2,1H3,(H,17,19). The SMILES string of the molecule is Cc1cnn(CCC(=O)Nc2ccc3c(c2)OCCO3)c1. The molecule has 21 heavy (non-hydrogen) atoms. The Balaban J connectivity index is 1.57. The van der Waals surface area contributed by atoms with E-state index in [0.717, 1.165) is 5.56 Å². The van der Waals surface area contributed by atoms with Gasteiger partial charge in [-0.2, -0.15) is 5.10 Å². The van der Waals surface area contributed by atoms with Gasteiger partial charge in [0.25, 0.3) is 0 Å². The Kier molecular flexibility index (Phi) is 3.77. The Hall–Kier alpha value is -2.50. The van der Waals surface area contributed by atoms with Crippen LogP contribution in [0.5, 0.6) is 11.5 Å². The van der Waals surface area contributed by atoms with Gasteiger partial charge in [0.05, 0.1) is 6.20 Å². The lowest BCUT2D eigenvalue weighted by atomic mass is 10.2. The normalized spacial score (nSPS) is 13.0. The van der Waals surface area contributed by atoms with Gasteiger partial charge in [-0.3, -0.25) is 9.48 Å². The van der Waals surface area contributed by atoms with E-state index in [4.69, 9.17) is 9.47 Å². The van der Waals surface area contributed by atoms with Gasteiger partial charge < -0.3 is 14.8 Å². The predicted octanol–water partition coefficient (Wildman–Crippen LogP) is 1.99. The van der Waals surface area contributed by atoms with Crippen molar-refractivity contribution in [3.63, 3.8) is 0 Å². The Labute approximate surface area is 122 Å². The number of ether oxygens (including phenoxy) is 2. The fraction of sp³-hybridized carbons (Fsp3) is 0.333. The minimum atomic E-state index is -0.0557. The summed E-state index contributed by atoms with van der Waals surface area (Å²) in [6, 6.07) is 5.40. The maximum absolute atomic E-state index is 11.9. The molecule has 1 aliphatic heterocycles. The minimum Gasteiger partial charge on any atom is -0.486 e. The average Bonchev–Trinajstić information content (AvgIpc) is 2.91. The van der Waals surface area contributed by atoms with Crippen molar-refractivity contribution in [1.29, 1.82) is 0 Å². The topological polar surface area (TPSA) is 65.4 Å². The second-order valence-electron chi connectivity index (χ2n) is 4.94. The summed E-state index contributed by atoms with van der Waals surface area (Å²) in [6.07, 6.45) is 4.06. The summed E-state index contributed by atoms with van der Waals surface area (Å²) in [7, 11) is 0. The summed E-state index contributed by atoms with van der Waals surface area (Å²) in [6.45, 7) is 3.62. The quantitative estimate of drug-likeness (QED) is 0.934. The Morgan fingerprint density at radius 3 is 2.90 bits per heavy atom. The van der Waals surface area contributed by atoms with E-state index in [1.807, 2.05) is 19.2 Å². The van der Waals surface area contributed by atoms with E-state index in [-0.39, 0.29) is 5.91 Å². The van der Waals surface area contributed by atoms with Gasteiger partial charge >= 0.3 is 0 Å². The number of anilines is 1. The monoisotopic (exact) mass is 287 g/mol. The molecule has 0 aliphatic carbocycles. The summed E-state index contributed by atoms with van der Waals surface area (Å²) in [5.74, 6) is 1.33. The van der Waals surface area contributed by atoms with Gasteiger partial charge in [0.2, 0.25) is 5.91 Å². The zero-order valence-corrected chi connectivity index (χ0v) is 11.8. The molecule has 110 valence electrons. The van der Waals surface area contributed by atoms with E-state index in [2.05, 4.69) is 10.4 Å². The molecule has 0 spiro atoms. The number of hydrogen-bond donors (Lipinski definition) is 1. The molecule has 0 fully saturated rings. The third-order valence-corrected chi connectivity index (χ3v) is 3.16. The van der Waals surface area contributed by atoms with Crippen molar-refractivity contribution in [2.45, 2.75) is 19.9 Å². The highest BCUT2D eigenvalue weighted by molar-refractivity contribution is 5.91. The number of carbonyl (C=O) groups excluding carboxylic acids is 1. The summed E-state index contributed by atoms with van der Waals surface area (Å²) in [5, 5.41) is 7.01. The number of rotatable bonds is 4. The largest absolute Gasteiger partial charge is 0.486 e. The molecule has 3 rings (SSSR count). The van der Waals surface area contributed by atoms with Crippen LogP contribution >= 0.6 is 0 Å². The van der Waals surface area contributed by atoms with E-state index < -0.39 is 0 Å². The second kappa shape index (κ2) is 5.87. The van der Waals surface area contributed by atoms with Crippen LogP contribution in [-0.4, -0.2) is 28.9 Å². The highest BCUT2D eigenvalue weighted by Crippen LogP contribution is 2.32. The summed E-state index contributed by atoms with van der Waals surface area (Å²) >= 11 is 0. The first-order chi connectivity index (χ1) is 10.2. The third kappa shape index (κ3) is 3.34. The predicted molar refractivity (Wildman–Crippen MR) is 77.6 cm³/mol. The molecular formula is C15H17N3O3. The molecule has 1 aromatic carbocycles. The van der Waals surface area contributed by atoms with Gasteiger partial charge in [0, 0.05) is 30.9 Å². The van der Waals surface area contributed by atoms with E-state index >= 15 is 0 Å². The van der Waals surface area contributed by atoms with Crippen molar-refractivity contribution in [2.75, 3.05) is 18.5 Å².